The van der Waals surface area contributed by atoms with Crippen LogP contribution in [0.3, 0.4) is 0 Å². The number of benzene rings is 2. The van der Waals surface area contributed by atoms with Crippen molar-refractivity contribution in [3.05, 3.63) is 78.0 Å². The second-order valence-electron chi connectivity index (χ2n) is 8.29. The van der Waals surface area contributed by atoms with Gasteiger partial charge in [0.2, 0.25) is 0 Å². The number of alkyl halides is 2. The van der Waals surface area contributed by atoms with E-state index in [1.807, 2.05) is 42.5 Å². The van der Waals surface area contributed by atoms with Crippen molar-refractivity contribution in [3.8, 4) is 0 Å². The Morgan fingerprint density at radius 1 is 1.15 bits per heavy atom. The number of para-hydroxylation sites is 1. The Kier molecular flexibility index (Phi) is 7.77. The standard InChI is InChI=1S/C25H29F2N5S/c1-18(28)24-8-5-13-31(24)14-15-33-32(21-6-3-2-4-7-21)17-19-9-11-20(12-10-19)22-16-23(25(26)27)30-29-22/h2-4,6-7,9-12,24-25H,1,5,8,13-17,28H2. The first-order valence-corrected chi connectivity index (χ1v) is 12.1. The molecule has 33 heavy (non-hydrogen) atoms. The fraction of sp³-hybridized carbons (Fsp3) is 0.360. The van der Waals surface area contributed by atoms with Gasteiger partial charge in [0, 0.05) is 36.1 Å². The predicted molar refractivity (Wildman–Crippen MR) is 134 cm³/mol. The third-order valence-corrected chi connectivity index (χ3v) is 6.99. The SMILES string of the molecule is C=C(N)C1CCCN1CCSN(Cc1ccc(C2=NN=C(C(F)F)C2)cc1)c1ccccc1. The lowest BCUT2D eigenvalue weighted by Crippen LogP contribution is -2.35. The summed E-state index contributed by atoms with van der Waals surface area (Å²) in [6, 6.07) is 18.5. The van der Waals surface area contributed by atoms with Crippen LogP contribution in [-0.4, -0.2) is 47.6 Å². The van der Waals surface area contributed by atoms with Gasteiger partial charge in [-0.1, -0.05) is 49.0 Å². The van der Waals surface area contributed by atoms with Crippen LogP contribution in [0.1, 0.15) is 30.4 Å². The van der Waals surface area contributed by atoms with E-state index >= 15 is 0 Å². The van der Waals surface area contributed by atoms with E-state index in [-0.39, 0.29) is 18.2 Å². The molecular weight excluding hydrogens is 440 g/mol. The lowest BCUT2D eigenvalue weighted by Gasteiger charge is -2.27. The van der Waals surface area contributed by atoms with Crippen molar-refractivity contribution in [2.45, 2.75) is 38.3 Å². The molecule has 8 heteroatoms. The van der Waals surface area contributed by atoms with Gasteiger partial charge in [0.05, 0.1) is 12.3 Å². The fourth-order valence-electron chi connectivity index (χ4n) is 4.20. The van der Waals surface area contributed by atoms with Gasteiger partial charge in [0.25, 0.3) is 6.43 Å². The molecule has 0 aromatic heterocycles. The average molecular weight is 470 g/mol. The molecule has 1 saturated heterocycles. The Bertz CT molecular complexity index is 1010. The summed E-state index contributed by atoms with van der Waals surface area (Å²) in [4.78, 5) is 2.42. The highest BCUT2D eigenvalue weighted by Gasteiger charge is 2.25. The van der Waals surface area contributed by atoms with Crippen LogP contribution in [0.2, 0.25) is 0 Å². The first kappa shape index (κ1) is 23.4. The summed E-state index contributed by atoms with van der Waals surface area (Å²) in [5.41, 5.74) is 10.3. The molecule has 2 heterocycles. The maximum atomic E-state index is 12.8. The van der Waals surface area contributed by atoms with Crippen molar-refractivity contribution in [3.63, 3.8) is 0 Å². The van der Waals surface area contributed by atoms with Crippen LogP contribution in [-0.2, 0) is 6.54 Å². The Labute approximate surface area is 198 Å². The summed E-state index contributed by atoms with van der Waals surface area (Å²) in [6.45, 7) is 6.70. The van der Waals surface area contributed by atoms with Crippen molar-refractivity contribution in [2.75, 3.05) is 23.1 Å². The summed E-state index contributed by atoms with van der Waals surface area (Å²) in [6.07, 6.45) is -0.199. The molecule has 0 spiro atoms. The fourth-order valence-corrected chi connectivity index (χ4v) is 5.25. The number of rotatable bonds is 10. The minimum Gasteiger partial charge on any atom is -0.401 e. The molecule has 5 nitrogen and oxygen atoms in total. The molecule has 1 fully saturated rings. The third-order valence-electron chi connectivity index (χ3n) is 5.97. The minimum atomic E-state index is -2.55. The van der Waals surface area contributed by atoms with Crippen LogP contribution >= 0.6 is 11.9 Å². The predicted octanol–water partition coefficient (Wildman–Crippen LogP) is 5.09. The van der Waals surface area contributed by atoms with E-state index in [2.05, 4.69) is 38.1 Å². The van der Waals surface area contributed by atoms with Crippen LogP contribution in [0.15, 0.2) is 77.1 Å². The van der Waals surface area contributed by atoms with Crippen molar-refractivity contribution >= 4 is 29.1 Å². The van der Waals surface area contributed by atoms with E-state index in [0.717, 1.165) is 60.7 Å². The van der Waals surface area contributed by atoms with Gasteiger partial charge in [-0.05, 0) is 54.6 Å². The van der Waals surface area contributed by atoms with Gasteiger partial charge in [-0.25, -0.2) is 8.78 Å². The topological polar surface area (TPSA) is 57.2 Å². The minimum absolute atomic E-state index is 0.107. The lowest BCUT2D eigenvalue weighted by molar-refractivity contribution is 0.224. The van der Waals surface area contributed by atoms with E-state index in [4.69, 9.17) is 5.73 Å². The van der Waals surface area contributed by atoms with E-state index in [0.29, 0.717) is 5.71 Å². The highest BCUT2D eigenvalue weighted by molar-refractivity contribution is 8.00. The number of anilines is 1. The highest BCUT2D eigenvalue weighted by atomic mass is 32.2. The van der Waals surface area contributed by atoms with Gasteiger partial charge in [-0.15, -0.1) is 0 Å². The Morgan fingerprint density at radius 2 is 1.91 bits per heavy atom. The number of nitrogens with two attached hydrogens (primary N) is 1. The van der Waals surface area contributed by atoms with Crippen molar-refractivity contribution in [1.82, 2.24) is 4.90 Å². The van der Waals surface area contributed by atoms with E-state index in [1.54, 1.807) is 11.9 Å². The zero-order valence-electron chi connectivity index (χ0n) is 18.5. The molecule has 0 aliphatic carbocycles. The van der Waals surface area contributed by atoms with Crippen LogP contribution in [0.4, 0.5) is 14.5 Å². The zero-order valence-corrected chi connectivity index (χ0v) is 19.4. The van der Waals surface area contributed by atoms with E-state index < -0.39 is 6.43 Å². The third kappa shape index (κ3) is 6.00. The van der Waals surface area contributed by atoms with Crippen LogP contribution in [0.5, 0.6) is 0 Å². The Hall–Kier alpha value is -2.71. The number of hydrogen-bond acceptors (Lipinski definition) is 6. The van der Waals surface area contributed by atoms with Gasteiger partial charge in [-0.2, -0.15) is 10.2 Å². The second kappa shape index (κ2) is 10.9. The number of halogens is 2. The Morgan fingerprint density at radius 3 is 2.58 bits per heavy atom. The molecule has 1 atom stereocenters. The molecule has 0 bridgehead atoms. The maximum absolute atomic E-state index is 12.8. The second-order valence-corrected chi connectivity index (χ2v) is 9.39. The molecular formula is C25H29F2N5S. The number of nitrogens with zero attached hydrogens (tertiary/aromatic N) is 4. The average Bonchev–Trinajstić information content (AvgIpc) is 3.50. The van der Waals surface area contributed by atoms with Gasteiger partial charge in [0.1, 0.15) is 5.71 Å². The van der Waals surface area contributed by atoms with Crippen molar-refractivity contribution in [1.29, 1.82) is 0 Å². The van der Waals surface area contributed by atoms with Crippen molar-refractivity contribution in [2.24, 2.45) is 15.9 Å². The smallest absolute Gasteiger partial charge is 0.278 e. The monoisotopic (exact) mass is 469 g/mol. The van der Waals surface area contributed by atoms with Gasteiger partial charge < -0.3 is 10.0 Å². The molecule has 4 rings (SSSR count). The summed E-state index contributed by atoms with van der Waals surface area (Å²) >= 11 is 1.80. The molecule has 2 aromatic carbocycles. The molecule has 2 N–H and O–H groups in total. The van der Waals surface area contributed by atoms with Gasteiger partial charge >= 0.3 is 0 Å². The molecule has 2 aliphatic heterocycles. The van der Waals surface area contributed by atoms with Gasteiger partial charge in [-0.3, -0.25) is 4.90 Å². The summed E-state index contributed by atoms with van der Waals surface area (Å²) in [5.74, 6) is 0.946. The zero-order chi connectivity index (χ0) is 23.2. The van der Waals surface area contributed by atoms with Gasteiger partial charge in [0.15, 0.2) is 0 Å². The molecule has 2 aliphatic rings. The largest absolute Gasteiger partial charge is 0.401 e. The molecule has 0 saturated carbocycles. The van der Waals surface area contributed by atoms with Crippen LogP contribution in [0.25, 0.3) is 0 Å². The van der Waals surface area contributed by atoms with E-state index in [9.17, 15) is 8.78 Å². The number of hydrogen-bond donors (Lipinski definition) is 1. The molecule has 0 amide bonds. The van der Waals surface area contributed by atoms with Crippen LogP contribution in [0, 0.1) is 0 Å². The lowest BCUT2D eigenvalue weighted by atomic mass is 10.0. The van der Waals surface area contributed by atoms with Crippen molar-refractivity contribution < 1.29 is 8.78 Å². The van der Waals surface area contributed by atoms with E-state index in [1.165, 1.54) is 0 Å². The quantitative estimate of drug-likeness (QED) is 0.493. The Balaban J connectivity index is 1.38. The number of likely N-dealkylation sites (tertiary alicyclic amines) is 1. The summed E-state index contributed by atoms with van der Waals surface area (Å²) in [7, 11) is 0. The normalized spacial score (nSPS) is 18.5. The van der Waals surface area contributed by atoms with Crippen LogP contribution < -0.4 is 10.0 Å². The summed E-state index contributed by atoms with van der Waals surface area (Å²) in [5, 5.41) is 7.55. The first-order chi connectivity index (χ1) is 16.0. The maximum Gasteiger partial charge on any atom is 0.278 e. The first-order valence-electron chi connectivity index (χ1n) is 11.2. The highest BCUT2D eigenvalue weighted by Crippen LogP contribution is 2.27. The molecule has 1 unspecified atom stereocenters. The summed E-state index contributed by atoms with van der Waals surface area (Å²) < 4.78 is 28.0. The molecule has 2 aromatic rings. The molecule has 174 valence electrons. The molecule has 0 radical (unpaired) electrons.